The molecule has 0 N–H and O–H groups in total. The number of nitrogens with zero attached hydrogens (tertiary/aromatic N) is 1. The highest BCUT2D eigenvalue weighted by Crippen LogP contribution is 2.57. The predicted octanol–water partition coefficient (Wildman–Crippen LogP) is 10.6. The van der Waals surface area contributed by atoms with Gasteiger partial charge in [-0.3, -0.25) is 0 Å². The maximum absolute atomic E-state index is 14.9. The van der Waals surface area contributed by atoms with Crippen LogP contribution >= 0.6 is 7.92 Å². The van der Waals surface area contributed by atoms with Crippen LogP contribution in [-0.4, -0.2) is 52.9 Å². The van der Waals surface area contributed by atoms with Gasteiger partial charge in [0.1, 0.15) is 16.7 Å². The highest BCUT2D eigenvalue weighted by molar-refractivity contribution is 7.84. The standard InChI is InChI=1S/C41H66NO4PS/c1-39(2,3)32-24-28(25-33(38(32)46-13)40(4,5)6)37(42(10)48(43)41(7,8)9)31-26-34(44-11)35(45-12)27-36(31)47(29-20-16-14-17-21-29)30-22-18-15-19-23-30/h24-27,29-30,37H,14-23H2,1-13H3/t37-,48?/m0/s1/i10D3. The third-order valence-corrected chi connectivity index (χ3v) is 15.4. The van der Waals surface area contributed by atoms with Gasteiger partial charge in [0.05, 0.1) is 32.1 Å². The Morgan fingerprint density at radius 2 is 1.19 bits per heavy atom. The number of ether oxygens (including phenoxy) is 3. The molecule has 0 heterocycles. The van der Waals surface area contributed by atoms with Crippen LogP contribution in [0.3, 0.4) is 0 Å². The van der Waals surface area contributed by atoms with Gasteiger partial charge in [-0.1, -0.05) is 88.0 Å². The number of benzene rings is 2. The summed E-state index contributed by atoms with van der Waals surface area (Å²) < 4.78 is 60.8. The summed E-state index contributed by atoms with van der Waals surface area (Å²) in [7, 11) is 2.40. The average Bonchev–Trinajstić information content (AvgIpc) is 3.05. The first kappa shape index (κ1) is 34.8. The van der Waals surface area contributed by atoms with Crippen LogP contribution in [0.5, 0.6) is 17.2 Å². The normalized spacial score (nSPS) is 19.8. The van der Waals surface area contributed by atoms with Gasteiger partial charge in [0.15, 0.2) is 11.5 Å². The number of rotatable bonds is 10. The van der Waals surface area contributed by atoms with Crippen molar-refractivity contribution in [2.24, 2.45) is 0 Å². The molecule has 5 nitrogen and oxygen atoms in total. The van der Waals surface area contributed by atoms with Crippen LogP contribution in [0.1, 0.15) is 159 Å². The molecule has 4 rings (SSSR count). The Labute approximate surface area is 301 Å². The molecule has 0 bridgehead atoms. The molecular formula is C41H66NO4PS. The van der Waals surface area contributed by atoms with E-state index in [2.05, 4.69) is 59.7 Å². The molecule has 270 valence electrons. The molecule has 2 aromatic rings. The molecule has 2 aliphatic carbocycles. The summed E-state index contributed by atoms with van der Waals surface area (Å²) in [5.41, 5.74) is 4.09. The molecule has 0 saturated heterocycles. The molecular weight excluding hydrogens is 633 g/mol. The summed E-state index contributed by atoms with van der Waals surface area (Å²) in [5, 5.41) is 1.18. The SMILES string of the molecule is [2H]C([2H])([2H])N([C@@H](c1cc(C(C)(C)C)c(OC)c(C(C)(C)C)c1)c1cc(OC)c(OC)cc1P(C1CCCCC1)C1CCCCC1)S(=O)C(C)(C)C. The lowest BCUT2D eigenvalue weighted by atomic mass is 9.77. The van der Waals surface area contributed by atoms with Crippen LogP contribution in [0.15, 0.2) is 24.3 Å². The van der Waals surface area contributed by atoms with Gasteiger partial charge in [0, 0.05) is 22.2 Å². The van der Waals surface area contributed by atoms with E-state index in [9.17, 15) is 4.21 Å². The first-order chi connectivity index (χ1) is 23.6. The number of hydrogen-bond donors (Lipinski definition) is 0. The van der Waals surface area contributed by atoms with Gasteiger partial charge in [-0.25, -0.2) is 8.51 Å². The molecule has 2 saturated carbocycles. The third-order valence-electron chi connectivity index (χ3n) is 10.2. The lowest BCUT2D eigenvalue weighted by Gasteiger charge is -2.42. The Balaban J connectivity index is 2.24. The fourth-order valence-corrected chi connectivity index (χ4v) is 12.7. The van der Waals surface area contributed by atoms with Crippen LogP contribution in [-0.2, 0) is 21.8 Å². The van der Waals surface area contributed by atoms with Gasteiger partial charge >= 0.3 is 0 Å². The molecule has 2 fully saturated rings. The van der Waals surface area contributed by atoms with Crippen molar-refractivity contribution in [3.05, 3.63) is 46.5 Å². The Bertz CT molecular complexity index is 1460. The van der Waals surface area contributed by atoms with Gasteiger partial charge in [-0.05, 0) is 109 Å². The van der Waals surface area contributed by atoms with E-state index in [-0.39, 0.29) is 10.8 Å². The molecule has 0 amide bonds. The summed E-state index contributed by atoms with van der Waals surface area (Å²) in [5.74, 6) is 2.03. The molecule has 0 aliphatic heterocycles. The summed E-state index contributed by atoms with van der Waals surface area (Å²) in [6.07, 6.45) is 12.1. The van der Waals surface area contributed by atoms with E-state index in [1.165, 1.54) is 73.8 Å². The van der Waals surface area contributed by atoms with E-state index in [0.717, 1.165) is 28.0 Å². The minimum absolute atomic E-state index is 0.322. The van der Waals surface area contributed by atoms with Crippen molar-refractivity contribution in [3.63, 3.8) is 0 Å². The molecule has 2 atom stereocenters. The second-order valence-electron chi connectivity index (χ2n) is 17.0. The van der Waals surface area contributed by atoms with Crippen molar-refractivity contribution in [3.8, 4) is 17.2 Å². The fraction of sp³-hybridized carbons (Fsp3) is 0.707. The first-order valence-electron chi connectivity index (χ1n) is 19.6. The molecule has 0 aromatic heterocycles. The molecule has 2 aliphatic rings. The summed E-state index contributed by atoms with van der Waals surface area (Å²) in [4.78, 5) is 0. The summed E-state index contributed by atoms with van der Waals surface area (Å²) >= 11 is 0. The Morgan fingerprint density at radius 1 is 0.729 bits per heavy atom. The molecule has 0 radical (unpaired) electrons. The van der Waals surface area contributed by atoms with Crippen molar-refractivity contribution in [2.75, 3.05) is 28.3 Å². The highest BCUT2D eigenvalue weighted by Gasteiger charge is 2.40. The Kier molecular flexibility index (Phi) is 11.4. The van der Waals surface area contributed by atoms with Crippen LogP contribution in [0.4, 0.5) is 0 Å². The van der Waals surface area contributed by atoms with Crippen LogP contribution < -0.4 is 19.5 Å². The summed E-state index contributed by atoms with van der Waals surface area (Å²) in [6.45, 7) is 15.9. The quantitative estimate of drug-likeness (QED) is 0.231. The number of hydrogen-bond acceptors (Lipinski definition) is 4. The van der Waals surface area contributed by atoms with Crippen LogP contribution in [0.2, 0.25) is 0 Å². The van der Waals surface area contributed by atoms with Gasteiger partial charge < -0.3 is 14.2 Å². The van der Waals surface area contributed by atoms with Gasteiger partial charge in [-0.2, -0.15) is 0 Å². The zero-order valence-corrected chi connectivity index (χ0v) is 33.8. The molecule has 1 unspecified atom stereocenters. The van der Waals surface area contributed by atoms with E-state index >= 15 is 0 Å². The zero-order valence-electron chi connectivity index (χ0n) is 35.0. The van der Waals surface area contributed by atoms with E-state index in [1.54, 1.807) is 21.3 Å². The minimum Gasteiger partial charge on any atom is -0.496 e. The van der Waals surface area contributed by atoms with Crippen molar-refractivity contribution >= 4 is 24.2 Å². The average molecular weight is 703 g/mol. The van der Waals surface area contributed by atoms with Crippen molar-refractivity contribution in [1.29, 1.82) is 0 Å². The van der Waals surface area contributed by atoms with E-state index < -0.39 is 36.7 Å². The van der Waals surface area contributed by atoms with Crippen molar-refractivity contribution < 1.29 is 22.5 Å². The third kappa shape index (κ3) is 8.63. The van der Waals surface area contributed by atoms with E-state index in [1.807, 2.05) is 26.8 Å². The highest BCUT2D eigenvalue weighted by atomic mass is 32.2. The molecule has 7 heteroatoms. The Hall–Kier alpha value is -1.62. The first-order valence-corrected chi connectivity index (χ1v) is 20.7. The zero-order chi connectivity index (χ0) is 38.1. The lowest BCUT2D eigenvalue weighted by molar-refractivity contribution is 0.353. The predicted molar refractivity (Wildman–Crippen MR) is 208 cm³/mol. The lowest BCUT2D eigenvalue weighted by Crippen LogP contribution is -2.40. The minimum atomic E-state index is -2.69. The van der Waals surface area contributed by atoms with Gasteiger partial charge in [-0.15, -0.1) is 0 Å². The van der Waals surface area contributed by atoms with Crippen molar-refractivity contribution in [1.82, 2.24) is 4.31 Å². The van der Waals surface area contributed by atoms with Crippen LogP contribution in [0.25, 0.3) is 0 Å². The van der Waals surface area contributed by atoms with Crippen LogP contribution in [0, 0.1) is 0 Å². The van der Waals surface area contributed by atoms with Gasteiger partial charge in [0.2, 0.25) is 0 Å². The second-order valence-corrected chi connectivity index (χ2v) is 21.9. The van der Waals surface area contributed by atoms with E-state index in [0.29, 0.717) is 22.8 Å². The molecule has 48 heavy (non-hydrogen) atoms. The maximum Gasteiger partial charge on any atom is 0.161 e. The smallest absolute Gasteiger partial charge is 0.161 e. The topological polar surface area (TPSA) is 48.0 Å². The number of methoxy groups -OCH3 is 3. The summed E-state index contributed by atoms with van der Waals surface area (Å²) in [6, 6.07) is 7.59. The maximum atomic E-state index is 14.9. The van der Waals surface area contributed by atoms with Gasteiger partial charge in [0.25, 0.3) is 0 Å². The van der Waals surface area contributed by atoms with Crippen molar-refractivity contribution in [2.45, 2.75) is 159 Å². The monoisotopic (exact) mass is 702 g/mol. The fourth-order valence-electron chi connectivity index (χ4n) is 7.71. The Morgan fingerprint density at radius 3 is 1.56 bits per heavy atom. The second kappa shape index (κ2) is 15.7. The largest absolute Gasteiger partial charge is 0.496 e. The molecule has 0 spiro atoms. The molecule has 2 aromatic carbocycles. The van der Waals surface area contributed by atoms with E-state index in [4.69, 9.17) is 18.3 Å².